The highest BCUT2D eigenvalue weighted by molar-refractivity contribution is 7.86. The van der Waals surface area contributed by atoms with Crippen LogP contribution in [0.3, 0.4) is 0 Å². The normalized spacial score (nSPS) is 18.2. The lowest BCUT2D eigenvalue weighted by molar-refractivity contribution is 0.593. The van der Waals surface area contributed by atoms with Gasteiger partial charge in [0.25, 0.3) is 0 Å². The van der Waals surface area contributed by atoms with Crippen LogP contribution in [0.4, 0.5) is 0 Å². The molecule has 2 aliphatic rings. The molecule has 1 aliphatic carbocycles. The van der Waals surface area contributed by atoms with Crippen LogP contribution in [0.2, 0.25) is 0 Å². The number of rotatable bonds is 3. The Kier molecular flexibility index (Phi) is 4.93. The lowest BCUT2D eigenvalue weighted by Crippen LogP contribution is -2.21. The van der Waals surface area contributed by atoms with Crippen molar-refractivity contribution >= 4 is 23.1 Å². The third-order valence-electron chi connectivity index (χ3n) is 8.37. The van der Waals surface area contributed by atoms with E-state index in [9.17, 15) is 0 Å². The molecule has 8 rings (SSSR count). The van der Waals surface area contributed by atoms with E-state index in [2.05, 4.69) is 109 Å². The van der Waals surface area contributed by atoms with Crippen LogP contribution < -0.4 is 15.9 Å². The first-order chi connectivity index (χ1) is 19.2. The maximum absolute atomic E-state index is 15.5. The lowest BCUT2D eigenvalue weighted by atomic mass is 9.88. The molecule has 6 aromatic rings. The van der Waals surface area contributed by atoms with Crippen molar-refractivity contribution in [2.75, 3.05) is 0 Å². The third kappa shape index (κ3) is 3.24. The minimum atomic E-state index is -3.09. The van der Waals surface area contributed by atoms with Gasteiger partial charge in [-0.3, -0.25) is 0 Å². The van der Waals surface area contributed by atoms with Crippen molar-refractivity contribution in [3.63, 3.8) is 0 Å². The van der Waals surface area contributed by atoms with E-state index >= 15 is 4.57 Å². The summed E-state index contributed by atoms with van der Waals surface area (Å²) in [6.45, 7) is 0. The van der Waals surface area contributed by atoms with Gasteiger partial charge >= 0.3 is 0 Å². The molecular formula is C37H25OP. The predicted octanol–water partition coefficient (Wildman–Crippen LogP) is 8.13. The fourth-order valence-electron chi connectivity index (χ4n) is 6.60. The maximum Gasteiger partial charge on any atom is 0.172 e. The summed E-state index contributed by atoms with van der Waals surface area (Å²) in [5.74, 6) is 0.159. The highest BCUT2D eigenvalue weighted by Crippen LogP contribution is 2.56. The zero-order valence-corrected chi connectivity index (χ0v) is 22.2. The molecule has 0 fully saturated rings. The molecule has 0 saturated heterocycles. The van der Waals surface area contributed by atoms with Gasteiger partial charge < -0.3 is 4.57 Å². The summed E-state index contributed by atoms with van der Waals surface area (Å²) in [6.07, 6.45) is 0. The van der Waals surface area contributed by atoms with Crippen molar-refractivity contribution in [1.29, 1.82) is 0 Å². The zero-order valence-electron chi connectivity index (χ0n) is 21.3. The molecule has 1 aliphatic heterocycles. The second-order valence-electron chi connectivity index (χ2n) is 10.4. The largest absolute Gasteiger partial charge is 0.309 e. The average Bonchev–Trinajstić information content (AvgIpc) is 3.47. The van der Waals surface area contributed by atoms with E-state index in [-0.39, 0.29) is 5.92 Å². The highest BCUT2D eigenvalue weighted by Gasteiger charge is 2.43. The molecule has 0 bridgehead atoms. The second kappa shape index (κ2) is 8.53. The Morgan fingerprint density at radius 1 is 0.436 bits per heavy atom. The Morgan fingerprint density at radius 3 is 1.85 bits per heavy atom. The molecule has 0 saturated carbocycles. The van der Waals surface area contributed by atoms with Crippen molar-refractivity contribution in [3.8, 4) is 33.4 Å². The van der Waals surface area contributed by atoms with E-state index in [1.807, 2.05) is 36.4 Å². The van der Waals surface area contributed by atoms with Crippen LogP contribution in [0.15, 0.2) is 146 Å². The van der Waals surface area contributed by atoms with Gasteiger partial charge in [0.15, 0.2) is 7.14 Å². The molecule has 2 heteroatoms. The SMILES string of the molecule is O=P1(c2ccccc2)c2cc(-c3ccccc3)ccc2-c2cc3c(cc21)-c1ccccc1C3c1ccccc1. The molecule has 0 aromatic heterocycles. The Morgan fingerprint density at radius 2 is 1.08 bits per heavy atom. The molecule has 0 spiro atoms. The number of benzene rings is 6. The summed E-state index contributed by atoms with van der Waals surface area (Å²) < 4.78 is 15.5. The molecule has 1 nitrogen and oxygen atoms in total. The summed E-state index contributed by atoms with van der Waals surface area (Å²) in [6, 6.07) is 51.0. The topological polar surface area (TPSA) is 17.1 Å². The van der Waals surface area contributed by atoms with Gasteiger partial charge in [0, 0.05) is 21.8 Å². The van der Waals surface area contributed by atoms with E-state index in [1.54, 1.807) is 0 Å². The summed E-state index contributed by atoms with van der Waals surface area (Å²) in [4.78, 5) is 0. The second-order valence-corrected chi connectivity index (χ2v) is 13.1. The first-order valence-corrected chi connectivity index (χ1v) is 15.1. The molecule has 39 heavy (non-hydrogen) atoms. The van der Waals surface area contributed by atoms with E-state index in [0.29, 0.717) is 0 Å². The van der Waals surface area contributed by atoms with E-state index in [1.165, 1.54) is 27.8 Å². The van der Waals surface area contributed by atoms with Gasteiger partial charge in [-0.05, 0) is 68.3 Å². The standard InChI is InChI=1S/C37H25OP/c38-39(28-16-8-3-9-17-28)35-22-27(25-12-4-1-5-13-25)20-21-30(35)33-23-34-32(24-36(33)39)29-18-10-11-19-31(29)37(34)26-14-6-2-7-15-26/h1-24,37H. The highest BCUT2D eigenvalue weighted by atomic mass is 31.2. The van der Waals surface area contributed by atoms with Crippen LogP contribution in [-0.2, 0) is 4.57 Å². The van der Waals surface area contributed by atoms with Crippen molar-refractivity contribution in [1.82, 2.24) is 0 Å². The first-order valence-electron chi connectivity index (χ1n) is 13.4. The van der Waals surface area contributed by atoms with Gasteiger partial charge in [0.05, 0.1) is 0 Å². The van der Waals surface area contributed by atoms with Crippen LogP contribution in [0.25, 0.3) is 33.4 Å². The summed E-state index contributed by atoms with van der Waals surface area (Å²) in [5.41, 5.74) is 10.8. The minimum absolute atomic E-state index is 0.159. The van der Waals surface area contributed by atoms with Gasteiger partial charge in [-0.2, -0.15) is 0 Å². The minimum Gasteiger partial charge on any atom is -0.309 e. The van der Waals surface area contributed by atoms with Gasteiger partial charge in [-0.1, -0.05) is 127 Å². The van der Waals surface area contributed by atoms with Gasteiger partial charge in [-0.15, -0.1) is 0 Å². The predicted molar refractivity (Wildman–Crippen MR) is 163 cm³/mol. The number of hydrogen-bond donors (Lipinski definition) is 0. The van der Waals surface area contributed by atoms with Crippen LogP contribution >= 0.6 is 7.14 Å². The number of fused-ring (bicyclic) bond motifs is 6. The smallest absolute Gasteiger partial charge is 0.172 e. The molecule has 0 amide bonds. The van der Waals surface area contributed by atoms with Crippen LogP contribution in [0, 0.1) is 0 Å². The van der Waals surface area contributed by atoms with Crippen molar-refractivity contribution in [3.05, 3.63) is 162 Å². The molecule has 0 radical (unpaired) electrons. The van der Waals surface area contributed by atoms with E-state index < -0.39 is 7.14 Å². The van der Waals surface area contributed by atoms with Crippen LogP contribution in [0.5, 0.6) is 0 Å². The molecule has 0 N–H and O–H groups in total. The fourth-order valence-corrected chi connectivity index (χ4v) is 9.69. The first kappa shape index (κ1) is 22.5. The summed E-state index contributed by atoms with van der Waals surface area (Å²) in [5, 5.41) is 2.79. The molecule has 6 aromatic carbocycles. The van der Waals surface area contributed by atoms with Crippen LogP contribution in [-0.4, -0.2) is 0 Å². The van der Waals surface area contributed by atoms with Crippen molar-refractivity contribution in [2.45, 2.75) is 5.92 Å². The Labute approximate surface area is 228 Å². The third-order valence-corrected chi connectivity index (χ3v) is 11.5. The van der Waals surface area contributed by atoms with Crippen LogP contribution in [0.1, 0.15) is 22.6 Å². The molecular weight excluding hydrogens is 491 g/mol. The van der Waals surface area contributed by atoms with Gasteiger partial charge in [0.1, 0.15) is 0 Å². The molecule has 184 valence electrons. The Balaban J connectivity index is 1.42. The maximum atomic E-state index is 15.5. The average molecular weight is 517 g/mol. The number of hydrogen-bond acceptors (Lipinski definition) is 1. The summed E-state index contributed by atoms with van der Waals surface area (Å²) >= 11 is 0. The van der Waals surface area contributed by atoms with Gasteiger partial charge in [-0.25, -0.2) is 0 Å². The Bertz CT molecular complexity index is 1920. The van der Waals surface area contributed by atoms with Crippen molar-refractivity contribution in [2.24, 2.45) is 0 Å². The zero-order chi connectivity index (χ0) is 26.0. The van der Waals surface area contributed by atoms with Crippen molar-refractivity contribution < 1.29 is 4.57 Å². The van der Waals surface area contributed by atoms with E-state index in [4.69, 9.17) is 0 Å². The monoisotopic (exact) mass is 516 g/mol. The summed E-state index contributed by atoms with van der Waals surface area (Å²) in [7, 11) is -3.09. The molecule has 2 unspecified atom stereocenters. The molecule has 2 atom stereocenters. The van der Waals surface area contributed by atoms with E-state index in [0.717, 1.165) is 38.2 Å². The molecule has 1 heterocycles. The Hall–Kier alpha value is -4.45. The fraction of sp³-hybridized carbons (Fsp3) is 0.0270. The quantitative estimate of drug-likeness (QED) is 0.217. The lowest BCUT2D eigenvalue weighted by Gasteiger charge is -2.18. The van der Waals surface area contributed by atoms with Gasteiger partial charge in [0.2, 0.25) is 0 Å².